The van der Waals surface area contributed by atoms with Gasteiger partial charge >= 0.3 is 11.9 Å². The summed E-state index contributed by atoms with van der Waals surface area (Å²) in [6, 6.07) is 0. The Bertz CT molecular complexity index is 406. The fraction of sp³-hybridized carbons (Fsp3) is 0.926. The van der Waals surface area contributed by atoms with E-state index in [0.29, 0.717) is 12.8 Å². The van der Waals surface area contributed by atoms with Crippen LogP contribution >= 0.6 is 0 Å². The van der Waals surface area contributed by atoms with Crippen LogP contribution in [0.3, 0.4) is 0 Å². The molecule has 0 saturated carbocycles. The highest BCUT2D eigenvalue weighted by Gasteiger charge is 2.10. The molecule has 0 amide bonds. The molecular weight excluding hydrogens is 420 g/mol. The first-order chi connectivity index (χ1) is 16.1. The monoisotopic (exact) mass is 472 g/mol. The van der Waals surface area contributed by atoms with Gasteiger partial charge in [0, 0.05) is 12.8 Å². The fourth-order valence-electron chi connectivity index (χ4n) is 3.66. The summed E-state index contributed by atoms with van der Waals surface area (Å²) in [5.74, 6) is -0.485. The Balaban J connectivity index is 3.30. The predicted octanol–water partition coefficient (Wildman–Crippen LogP) is 8.16. The highest BCUT2D eigenvalue weighted by molar-refractivity contribution is 5.68. The Labute approximate surface area is 203 Å². The second-order valence-corrected chi connectivity index (χ2v) is 9.08. The largest absolute Gasteiger partial charge is 0.342 e. The molecule has 6 heteroatoms. The third-order valence-corrected chi connectivity index (χ3v) is 6.14. The maximum absolute atomic E-state index is 11.6. The van der Waals surface area contributed by atoms with Gasteiger partial charge in [-0.25, -0.2) is 9.59 Å². The van der Waals surface area contributed by atoms with Gasteiger partial charge in [-0.1, -0.05) is 98.3 Å². The normalized spacial score (nSPS) is 11.3. The van der Waals surface area contributed by atoms with Crippen LogP contribution in [0.25, 0.3) is 0 Å². The van der Waals surface area contributed by atoms with Crippen LogP contribution in [0, 0.1) is 0 Å². The van der Waals surface area contributed by atoms with Crippen molar-refractivity contribution in [1.82, 2.24) is 0 Å². The predicted molar refractivity (Wildman–Crippen MR) is 132 cm³/mol. The van der Waals surface area contributed by atoms with Gasteiger partial charge in [-0.05, 0) is 38.5 Å². The van der Waals surface area contributed by atoms with Gasteiger partial charge in [-0.3, -0.25) is 9.78 Å². The fourth-order valence-corrected chi connectivity index (χ4v) is 3.66. The van der Waals surface area contributed by atoms with E-state index in [0.717, 1.165) is 51.4 Å². The second-order valence-electron chi connectivity index (χ2n) is 9.08. The van der Waals surface area contributed by atoms with Crippen LogP contribution in [0.5, 0.6) is 0 Å². The summed E-state index contributed by atoms with van der Waals surface area (Å²) in [5, 5.41) is 0. The van der Waals surface area contributed by atoms with E-state index >= 15 is 0 Å². The highest BCUT2D eigenvalue weighted by Crippen LogP contribution is 2.14. The number of carbonyl (C=O) groups is 2. The summed E-state index contributed by atoms with van der Waals surface area (Å²) in [7, 11) is 0. The van der Waals surface area contributed by atoms with Crippen molar-refractivity contribution in [3.63, 3.8) is 0 Å². The summed E-state index contributed by atoms with van der Waals surface area (Å²) >= 11 is 0. The number of hydrogen-bond donors (Lipinski definition) is 0. The summed E-state index contributed by atoms with van der Waals surface area (Å²) in [6.07, 6.45) is 19.6. The molecule has 0 fully saturated rings. The van der Waals surface area contributed by atoms with E-state index in [4.69, 9.17) is 19.6 Å². The molecule has 33 heavy (non-hydrogen) atoms. The molecule has 0 aromatic carbocycles. The van der Waals surface area contributed by atoms with Crippen LogP contribution in [0.2, 0.25) is 0 Å². The Morgan fingerprint density at radius 2 is 0.697 bits per heavy atom. The third kappa shape index (κ3) is 21.2. The quantitative estimate of drug-likeness (QED) is 0.0801. The van der Waals surface area contributed by atoms with Crippen LogP contribution in [0.4, 0.5) is 0 Å². The molecule has 0 radical (unpaired) electrons. The maximum atomic E-state index is 11.6. The molecule has 0 spiro atoms. The zero-order valence-electron chi connectivity index (χ0n) is 22.0. The lowest BCUT2D eigenvalue weighted by Crippen LogP contribution is -2.14. The van der Waals surface area contributed by atoms with Gasteiger partial charge < -0.3 is 0 Å². The van der Waals surface area contributed by atoms with Crippen molar-refractivity contribution >= 4 is 11.9 Å². The van der Waals surface area contributed by atoms with Crippen LogP contribution in [-0.4, -0.2) is 24.1 Å². The molecule has 0 heterocycles. The number of hydrogen-bond acceptors (Lipinski definition) is 6. The molecule has 0 aliphatic carbocycles. The topological polar surface area (TPSA) is 71.1 Å². The van der Waals surface area contributed by atoms with Crippen LogP contribution in [-0.2, 0) is 29.1 Å². The van der Waals surface area contributed by atoms with Crippen LogP contribution in [0.1, 0.15) is 150 Å². The Morgan fingerprint density at radius 1 is 0.455 bits per heavy atom. The number of unbranched alkanes of at least 4 members (excludes halogenated alkanes) is 12. The number of rotatable bonds is 24. The number of carbonyl (C=O) groups excluding carboxylic acids is 2. The molecule has 6 nitrogen and oxygen atoms in total. The maximum Gasteiger partial charge on any atom is 0.342 e. The molecule has 0 rings (SSSR count). The van der Waals surface area contributed by atoms with Gasteiger partial charge in [-0.15, -0.1) is 0 Å². The molecule has 0 N–H and O–H groups in total. The van der Waals surface area contributed by atoms with E-state index in [1.54, 1.807) is 0 Å². The Morgan fingerprint density at radius 3 is 0.939 bits per heavy atom. The summed E-state index contributed by atoms with van der Waals surface area (Å²) in [6.45, 7) is 8.10. The summed E-state index contributed by atoms with van der Waals surface area (Å²) in [5.41, 5.74) is 0. The molecule has 0 aliphatic heterocycles. The van der Waals surface area contributed by atoms with Gasteiger partial charge in [0.05, 0.1) is 0 Å². The van der Waals surface area contributed by atoms with Crippen molar-refractivity contribution in [3.05, 3.63) is 0 Å². The van der Waals surface area contributed by atoms with Gasteiger partial charge in [0.15, 0.2) is 0 Å². The summed E-state index contributed by atoms with van der Waals surface area (Å²) in [4.78, 5) is 43.3. The van der Waals surface area contributed by atoms with Crippen molar-refractivity contribution in [2.24, 2.45) is 0 Å². The lowest BCUT2D eigenvalue weighted by Gasteiger charge is -2.11. The molecule has 0 saturated heterocycles. The molecule has 0 atom stereocenters. The van der Waals surface area contributed by atoms with E-state index in [-0.39, 0.29) is 24.1 Å². The minimum Gasteiger partial charge on any atom is -0.298 e. The second kappa shape index (κ2) is 24.0. The van der Waals surface area contributed by atoms with Gasteiger partial charge in [0.25, 0.3) is 0 Å². The van der Waals surface area contributed by atoms with Crippen molar-refractivity contribution in [2.45, 2.75) is 162 Å². The van der Waals surface area contributed by atoms with Crippen molar-refractivity contribution in [3.8, 4) is 0 Å². The minimum atomic E-state index is -0.243. The zero-order valence-corrected chi connectivity index (χ0v) is 22.0. The molecule has 0 bridgehead atoms. The van der Waals surface area contributed by atoms with Crippen molar-refractivity contribution < 1.29 is 29.1 Å². The first kappa shape index (κ1) is 31.9. The smallest absolute Gasteiger partial charge is 0.298 e. The molecular formula is C27H52O6. The summed E-state index contributed by atoms with van der Waals surface area (Å²) < 4.78 is 0. The Hall–Kier alpha value is -1.14. The lowest BCUT2D eigenvalue weighted by molar-refractivity contribution is -0.299. The van der Waals surface area contributed by atoms with E-state index < -0.39 is 0 Å². The first-order valence-electron chi connectivity index (χ1n) is 13.8. The van der Waals surface area contributed by atoms with Crippen molar-refractivity contribution in [1.29, 1.82) is 0 Å². The van der Waals surface area contributed by atoms with Gasteiger partial charge in [0.1, 0.15) is 12.2 Å². The molecule has 0 aromatic heterocycles. The van der Waals surface area contributed by atoms with E-state index in [9.17, 15) is 9.59 Å². The molecule has 0 unspecified atom stereocenters. The Kier molecular flexibility index (Phi) is 23.2. The molecule has 196 valence electrons. The SMILES string of the molecule is CCC(CC)OOC(=O)CCCCCCCCCCCCCCCC(=O)OOC(CC)CC. The molecule has 0 aliphatic rings. The van der Waals surface area contributed by atoms with Crippen LogP contribution < -0.4 is 0 Å². The standard InChI is InChI=1S/C27H52O6/c1-5-24(6-2)30-32-26(28)22-20-18-16-14-12-10-9-11-13-15-17-19-21-23-27(29)33-31-25(7-3)8-4/h24-25H,5-23H2,1-4H3. The van der Waals surface area contributed by atoms with E-state index in [2.05, 4.69) is 0 Å². The first-order valence-corrected chi connectivity index (χ1v) is 13.8. The van der Waals surface area contributed by atoms with E-state index in [1.165, 1.54) is 57.8 Å². The van der Waals surface area contributed by atoms with E-state index in [1.807, 2.05) is 27.7 Å². The van der Waals surface area contributed by atoms with Gasteiger partial charge in [-0.2, -0.15) is 9.78 Å². The lowest BCUT2D eigenvalue weighted by atomic mass is 10.0. The van der Waals surface area contributed by atoms with Crippen LogP contribution in [0.15, 0.2) is 0 Å². The minimum absolute atomic E-state index is 0.0178. The van der Waals surface area contributed by atoms with Crippen molar-refractivity contribution in [2.75, 3.05) is 0 Å². The highest BCUT2D eigenvalue weighted by atomic mass is 17.2. The molecule has 0 aromatic rings. The van der Waals surface area contributed by atoms with Gasteiger partial charge in [0.2, 0.25) is 0 Å². The average Bonchev–Trinajstić information content (AvgIpc) is 2.82. The zero-order chi connectivity index (χ0) is 24.6. The average molecular weight is 473 g/mol. The third-order valence-electron chi connectivity index (χ3n) is 6.14.